The van der Waals surface area contributed by atoms with Crippen LogP contribution in [-0.2, 0) is 0 Å². The molecule has 0 aliphatic rings. The van der Waals surface area contributed by atoms with Crippen LogP contribution in [0.4, 0.5) is 5.69 Å². The molecule has 4 nitrogen and oxygen atoms in total. The van der Waals surface area contributed by atoms with E-state index in [0.29, 0.717) is 15.7 Å². The number of hydrogen-bond acceptors (Lipinski definition) is 4. The number of carbonyl (C=O) groups excluding carboxylic acids is 1. The number of anilines is 1. The van der Waals surface area contributed by atoms with Gasteiger partial charge in [-0.25, -0.2) is 0 Å². The molecule has 0 unspecified atom stereocenters. The molecule has 0 bridgehead atoms. The fraction of sp³-hybridized carbons (Fsp3) is 0. The normalized spacial score (nSPS) is 11.3. The molecular formula is C17H11BrClN3OS. The summed E-state index contributed by atoms with van der Waals surface area (Å²) in [6, 6.07) is 16.9. The number of nitrogens with zero attached hydrogens (tertiary/aromatic N) is 2. The number of benzene rings is 2. The highest BCUT2D eigenvalue weighted by atomic mass is 79.9. The molecule has 7 heteroatoms. The second kappa shape index (κ2) is 7.70. The predicted octanol–water partition coefficient (Wildman–Crippen LogP) is 5.29. The summed E-state index contributed by atoms with van der Waals surface area (Å²) in [4.78, 5) is 12.2. The lowest BCUT2D eigenvalue weighted by atomic mass is 10.2. The third-order valence-electron chi connectivity index (χ3n) is 3.00. The molecule has 0 saturated carbocycles. The first-order valence-corrected chi connectivity index (χ1v) is 8.93. The topological polar surface area (TPSA) is 54.9 Å². The van der Waals surface area contributed by atoms with Gasteiger partial charge in [0, 0.05) is 10.2 Å². The van der Waals surface area contributed by atoms with Gasteiger partial charge in [-0.05, 0) is 35.9 Å². The molecule has 0 spiro atoms. The van der Waals surface area contributed by atoms with Crippen molar-refractivity contribution < 1.29 is 4.79 Å². The summed E-state index contributed by atoms with van der Waals surface area (Å²) in [6.07, 6.45) is 1.78. The number of nitrogens with one attached hydrogen (secondary N) is 1. The summed E-state index contributed by atoms with van der Waals surface area (Å²) in [6.45, 7) is 0. The van der Waals surface area contributed by atoms with Crippen molar-refractivity contribution >= 4 is 61.6 Å². The van der Waals surface area contributed by atoms with E-state index in [1.807, 2.05) is 42.5 Å². The second-order valence-corrected chi connectivity index (χ2v) is 7.08. The van der Waals surface area contributed by atoms with Crippen LogP contribution in [0.3, 0.4) is 0 Å². The van der Waals surface area contributed by atoms with E-state index in [2.05, 4.69) is 31.4 Å². The van der Waals surface area contributed by atoms with Crippen molar-refractivity contribution in [2.75, 3.05) is 5.32 Å². The summed E-state index contributed by atoms with van der Waals surface area (Å²) < 4.78 is 0.959. The van der Waals surface area contributed by atoms with Crippen LogP contribution in [0.1, 0.15) is 20.4 Å². The highest BCUT2D eigenvalue weighted by Crippen LogP contribution is 2.26. The molecule has 0 fully saturated rings. The zero-order valence-corrected chi connectivity index (χ0v) is 15.4. The molecule has 0 saturated heterocycles. The van der Waals surface area contributed by atoms with Crippen LogP contribution in [0.2, 0.25) is 0 Å². The molecule has 1 amide bonds. The SMILES string of the molecule is O=C(Nc1ccccc1)c1nnc(/C(Cl)=C/c2cccc(Br)c2)s1. The van der Waals surface area contributed by atoms with Gasteiger partial charge in [-0.2, -0.15) is 0 Å². The van der Waals surface area contributed by atoms with Crippen molar-refractivity contribution in [2.24, 2.45) is 0 Å². The van der Waals surface area contributed by atoms with Crippen molar-refractivity contribution in [3.05, 3.63) is 74.6 Å². The Balaban J connectivity index is 1.76. The van der Waals surface area contributed by atoms with Gasteiger partial charge in [0.15, 0.2) is 5.01 Å². The number of rotatable bonds is 4. The molecule has 120 valence electrons. The summed E-state index contributed by atoms with van der Waals surface area (Å²) >= 11 is 10.9. The average molecular weight is 421 g/mol. The van der Waals surface area contributed by atoms with Crippen LogP contribution in [0.5, 0.6) is 0 Å². The van der Waals surface area contributed by atoms with Crippen molar-refractivity contribution in [2.45, 2.75) is 0 Å². The number of carbonyl (C=O) groups is 1. The van der Waals surface area contributed by atoms with E-state index in [-0.39, 0.29) is 10.9 Å². The van der Waals surface area contributed by atoms with Gasteiger partial charge >= 0.3 is 0 Å². The predicted molar refractivity (Wildman–Crippen MR) is 102 cm³/mol. The lowest BCUT2D eigenvalue weighted by Crippen LogP contribution is -2.11. The van der Waals surface area contributed by atoms with E-state index in [1.54, 1.807) is 18.2 Å². The van der Waals surface area contributed by atoms with Crippen molar-refractivity contribution in [3.63, 3.8) is 0 Å². The van der Waals surface area contributed by atoms with E-state index >= 15 is 0 Å². The molecule has 0 atom stereocenters. The maximum Gasteiger partial charge on any atom is 0.286 e. The summed E-state index contributed by atoms with van der Waals surface area (Å²) in [5.74, 6) is -0.308. The average Bonchev–Trinajstić information content (AvgIpc) is 3.06. The molecule has 3 aromatic rings. The standard InChI is InChI=1S/C17H11BrClN3OS/c18-12-6-4-5-11(9-12)10-14(19)16-21-22-17(24-16)15(23)20-13-7-2-1-3-8-13/h1-10H,(H,20,23)/b14-10-. The molecule has 0 aliphatic carbocycles. The van der Waals surface area contributed by atoms with Crippen molar-refractivity contribution in [3.8, 4) is 0 Å². The van der Waals surface area contributed by atoms with Crippen molar-refractivity contribution in [1.82, 2.24) is 10.2 Å². The van der Waals surface area contributed by atoms with E-state index in [0.717, 1.165) is 21.4 Å². The summed E-state index contributed by atoms with van der Waals surface area (Å²) in [5.41, 5.74) is 1.63. The van der Waals surface area contributed by atoms with E-state index in [9.17, 15) is 4.79 Å². The monoisotopic (exact) mass is 419 g/mol. The molecule has 1 aromatic heterocycles. The molecule has 0 radical (unpaired) electrons. The third kappa shape index (κ3) is 4.29. The maximum absolute atomic E-state index is 12.2. The van der Waals surface area contributed by atoms with Crippen LogP contribution >= 0.6 is 38.9 Å². The Labute approximate surface area is 156 Å². The van der Waals surface area contributed by atoms with Crippen LogP contribution in [0, 0.1) is 0 Å². The Kier molecular flexibility index (Phi) is 5.40. The minimum absolute atomic E-state index is 0.259. The number of para-hydroxylation sites is 1. The van der Waals surface area contributed by atoms with Gasteiger partial charge < -0.3 is 5.32 Å². The first-order chi connectivity index (χ1) is 11.6. The molecular weight excluding hydrogens is 410 g/mol. The van der Waals surface area contributed by atoms with E-state index in [1.165, 1.54) is 0 Å². The van der Waals surface area contributed by atoms with Gasteiger partial charge in [0.05, 0.1) is 5.03 Å². The molecule has 2 aromatic carbocycles. The van der Waals surface area contributed by atoms with Gasteiger partial charge in [-0.1, -0.05) is 69.2 Å². The Morgan fingerprint density at radius 3 is 2.58 bits per heavy atom. The lowest BCUT2D eigenvalue weighted by Gasteiger charge is -2.00. The van der Waals surface area contributed by atoms with Crippen LogP contribution in [0.15, 0.2) is 59.1 Å². The number of halogens is 2. The fourth-order valence-corrected chi connectivity index (χ4v) is 3.27. The van der Waals surface area contributed by atoms with Gasteiger partial charge in [0.1, 0.15) is 0 Å². The third-order valence-corrected chi connectivity index (χ3v) is 4.85. The van der Waals surface area contributed by atoms with Crippen LogP contribution in [-0.4, -0.2) is 16.1 Å². The zero-order valence-electron chi connectivity index (χ0n) is 12.2. The summed E-state index contributed by atoms with van der Waals surface area (Å²) in [7, 11) is 0. The Morgan fingerprint density at radius 2 is 1.83 bits per heavy atom. The molecule has 1 heterocycles. The van der Waals surface area contributed by atoms with Crippen molar-refractivity contribution in [1.29, 1.82) is 0 Å². The van der Waals surface area contributed by atoms with E-state index in [4.69, 9.17) is 11.6 Å². The van der Waals surface area contributed by atoms with Crippen LogP contribution in [0.25, 0.3) is 11.1 Å². The van der Waals surface area contributed by atoms with Gasteiger partial charge in [-0.3, -0.25) is 4.79 Å². The number of hydrogen-bond donors (Lipinski definition) is 1. The molecule has 0 aliphatic heterocycles. The molecule has 1 N–H and O–H groups in total. The summed E-state index contributed by atoms with van der Waals surface area (Å²) in [5, 5.41) is 11.9. The largest absolute Gasteiger partial charge is 0.320 e. The highest BCUT2D eigenvalue weighted by molar-refractivity contribution is 9.10. The minimum Gasteiger partial charge on any atom is -0.320 e. The quantitative estimate of drug-likeness (QED) is 0.624. The fourth-order valence-electron chi connectivity index (χ4n) is 1.92. The Morgan fingerprint density at radius 1 is 1.08 bits per heavy atom. The number of amides is 1. The van der Waals surface area contributed by atoms with E-state index < -0.39 is 0 Å². The Hall–Kier alpha value is -2.02. The molecule has 3 rings (SSSR count). The van der Waals surface area contributed by atoms with Crippen LogP contribution < -0.4 is 5.32 Å². The van der Waals surface area contributed by atoms with Gasteiger partial charge in [0.2, 0.25) is 5.01 Å². The Bertz CT molecular complexity index is 896. The smallest absolute Gasteiger partial charge is 0.286 e. The second-order valence-electron chi connectivity index (χ2n) is 4.78. The minimum atomic E-state index is -0.308. The maximum atomic E-state index is 12.2. The zero-order chi connectivity index (χ0) is 16.9. The van der Waals surface area contributed by atoms with Gasteiger partial charge in [-0.15, -0.1) is 10.2 Å². The lowest BCUT2D eigenvalue weighted by molar-refractivity contribution is 0.102. The molecule has 24 heavy (non-hydrogen) atoms. The first kappa shape index (κ1) is 16.8. The highest BCUT2D eigenvalue weighted by Gasteiger charge is 2.14. The van der Waals surface area contributed by atoms with Gasteiger partial charge in [0.25, 0.3) is 5.91 Å². The number of aromatic nitrogens is 2. The first-order valence-electron chi connectivity index (χ1n) is 6.95.